The third-order valence-corrected chi connectivity index (χ3v) is 9.67. The van der Waals surface area contributed by atoms with E-state index in [1.165, 1.54) is 21.2 Å². The van der Waals surface area contributed by atoms with Crippen molar-refractivity contribution in [2.45, 2.75) is 43.2 Å². The van der Waals surface area contributed by atoms with Crippen LogP contribution in [0.2, 0.25) is 0 Å². The van der Waals surface area contributed by atoms with Crippen molar-refractivity contribution < 1.29 is 13.2 Å². The lowest BCUT2D eigenvalue weighted by atomic mass is 9.89. The maximum atomic E-state index is 13.1. The molecular formula is C23H30N2O3S2. The number of amides is 1. The third kappa shape index (κ3) is 4.79. The highest BCUT2D eigenvalue weighted by Gasteiger charge is 2.36. The minimum absolute atomic E-state index is 0.135. The van der Waals surface area contributed by atoms with Crippen LogP contribution in [0.4, 0.5) is 0 Å². The fourth-order valence-corrected chi connectivity index (χ4v) is 7.56. The molecule has 5 nitrogen and oxygen atoms in total. The molecule has 7 heteroatoms. The van der Waals surface area contributed by atoms with E-state index in [1.54, 1.807) is 6.07 Å². The van der Waals surface area contributed by atoms with Crippen molar-refractivity contribution in [3.63, 3.8) is 0 Å². The van der Waals surface area contributed by atoms with Crippen LogP contribution in [-0.4, -0.2) is 49.7 Å². The highest BCUT2D eigenvalue weighted by Crippen LogP contribution is 2.30. The zero-order valence-electron chi connectivity index (χ0n) is 17.5. The molecule has 1 aromatic carbocycles. The van der Waals surface area contributed by atoms with E-state index < -0.39 is 10.0 Å². The number of aryl methyl sites for hydroxylation is 1. The molecule has 0 spiro atoms. The first-order chi connectivity index (χ1) is 14.4. The van der Waals surface area contributed by atoms with E-state index >= 15 is 0 Å². The van der Waals surface area contributed by atoms with Crippen molar-refractivity contribution in [3.8, 4) is 0 Å². The lowest BCUT2D eigenvalue weighted by Crippen LogP contribution is -2.48. The number of sulfonamides is 1. The summed E-state index contributed by atoms with van der Waals surface area (Å²) in [5.41, 5.74) is 1.36. The van der Waals surface area contributed by atoms with Crippen LogP contribution >= 0.6 is 11.3 Å². The smallest absolute Gasteiger partial charge is 0.252 e. The second-order valence-electron chi connectivity index (χ2n) is 8.53. The molecule has 1 aromatic heterocycles. The van der Waals surface area contributed by atoms with Crippen molar-refractivity contribution in [1.82, 2.24) is 9.21 Å². The van der Waals surface area contributed by atoms with Gasteiger partial charge in [-0.25, -0.2) is 8.42 Å². The monoisotopic (exact) mass is 446 g/mol. The molecule has 162 valence electrons. The second-order valence-corrected chi connectivity index (χ2v) is 12.0. The first-order valence-corrected chi connectivity index (χ1v) is 13.1. The summed E-state index contributed by atoms with van der Waals surface area (Å²) in [7, 11) is -3.50. The Labute approximate surface area is 183 Å². The minimum atomic E-state index is -3.50. The number of hydrogen-bond acceptors (Lipinski definition) is 4. The normalized spacial score (nSPS) is 21.6. The van der Waals surface area contributed by atoms with Crippen LogP contribution in [-0.2, 0) is 21.2 Å². The van der Waals surface area contributed by atoms with Gasteiger partial charge in [-0.15, -0.1) is 11.3 Å². The fraction of sp³-hybridized carbons (Fsp3) is 0.522. The summed E-state index contributed by atoms with van der Waals surface area (Å²) in [6, 6.07) is 14.1. The molecule has 2 aliphatic heterocycles. The summed E-state index contributed by atoms with van der Waals surface area (Å²) in [6.45, 7) is 4.28. The molecule has 4 rings (SSSR count). The van der Waals surface area contributed by atoms with E-state index in [0.29, 0.717) is 23.2 Å². The molecule has 0 saturated carbocycles. The molecule has 30 heavy (non-hydrogen) atoms. The van der Waals surface area contributed by atoms with E-state index in [2.05, 4.69) is 24.3 Å². The van der Waals surface area contributed by atoms with Gasteiger partial charge in [0.1, 0.15) is 4.21 Å². The molecule has 3 heterocycles. The summed E-state index contributed by atoms with van der Waals surface area (Å²) < 4.78 is 27.9. The minimum Gasteiger partial charge on any atom is -0.342 e. The first kappa shape index (κ1) is 21.5. The molecule has 0 aliphatic carbocycles. The Morgan fingerprint density at radius 2 is 1.77 bits per heavy atom. The molecule has 0 N–H and O–H groups in total. The van der Waals surface area contributed by atoms with E-state index in [9.17, 15) is 13.2 Å². The maximum absolute atomic E-state index is 13.1. The Kier molecular flexibility index (Phi) is 6.60. The number of rotatable bonds is 5. The Morgan fingerprint density at radius 1 is 1.03 bits per heavy atom. The zero-order chi connectivity index (χ0) is 21.1. The average Bonchev–Trinajstić information content (AvgIpc) is 3.22. The number of nitrogens with zero attached hydrogens (tertiary/aromatic N) is 2. The van der Waals surface area contributed by atoms with Gasteiger partial charge in [0, 0.05) is 31.1 Å². The van der Waals surface area contributed by atoms with Gasteiger partial charge in [0.15, 0.2) is 0 Å². The van der Waals surface area contributed by atoms with E-state index in [0.717, 1.165) is 50.1 Å². The SMILES string of the molecule is Cc1ccc(S(=O)(=O)N2CCCC(C(=O)N3CCC(Cc4ccccc4)CC3)C2)s1. The van der Waals surface area contributed by atoms with Crippen LogP contribution in [0.3, 0.4) is 0 Å². The number of likely N-dealkylation sites (tertiary alicyclic amines) is 1. The molecule has 1 atom stereocenters. The van der Waals surface area contributed by atoms with E-state index in [-0.39, 0.29) is 11.8 Å². The van der Waals surface area contributed by atoms with Gasteiger partial charge in [-0.3, -0.25) is 4.79 Å². The maximum Gasteiger partial charge on any atom is 0.252 e. The number of carbonyl (C=O) groups is 1. The summed E-state index contributed by atoms with van der Waals surface area (Å²) in [5.74, 6) is 0.525. The van der Waals surface area contributed by atoms with Crippen LogP contribution in [0, 0.1) is 18.8 Å². The molecule has 1 unspecified atom stereocenters. The molecule has 0 radical (unpaired) electrons. The number of piperidine rings is 2. The quantitative estimate of drug-likeness (QED) is 0.699. The van der Waals surface area contributed by atoms with Gasteiger partial charge >= 0.3 is 0 Å². The lowest BCUT2D eigenvalue weighted by Gasteiger charge is -2.37. The number of thiophene rings is 1. The van der Waals surface area contributed by atoms with Gasteiger partial charge in [-0.05, 0) is 62.6 Å². The number of hydrogen-bond donors (Lipinski definition) is 0. The third-order valence-electron chi connectivity index (χ3n) is 6.34. The van der Waals surface area contributed by atoms with Gasteiger partial charge in [0.25, 0.3) is 10.0 Å². The van der Waals surface area contributed by atoms with E-state index in [1.807, 2.05) is 24.0 Å². The summed E-state index contributed by atoms with van der Waals surface area (Å²) in [6.07, 6.45) is 4.62. The summed E-state index contributed by atoms with van der Waals surface area (Å²) >= 11 is 1.30. The van der Waals surface area contributed by atoms with Gasteiger partial charge in [-0.1, -0.05) is 30.3 Å². The van der Waals surface area contributed by atoms with Crippen LogP contribution in [0.25, 0.3) is 0 Å². The zero-order valence-corrected chi connectivity index (χ0v) is 19.1. The predicted octanol–water partition coefficient (Wildman–Crippen LogP) is 3.94. The molecule has 2 aliphatic rings. The van der Waals surface area contributed by atoms with Gasteiger partial charge in [0.2, 0.25) is 5.91 Å². The van der Waals surface area contributed by atoms with Gasteiger partial charge < -0.3 is 4.90 Å². The van der Waals surface area contributed by atoms with E-state index in [4.69, 9.17) is 0 Å². The highest BCUT2D eigenvalue weighted by molar-refractivity contribution is 7.91. The first-order valence-electron chi connectivity index (χ1n) is 10.8. The molecular weight excluding hydrogens is 416 g/mol. The topological polar surface area (TPSA) is 57.7 Å². The van der Waals surface area contributed by atoms with Crippen molar-refractivity contribution in [1.29, 1.82) is 0 Å². The van der Waals surface area contributed by atoms with Gasteiger partial charge in [-0.2, -0.15) is 4.31 Å². The number of carbonyl (C=O) groups excluding carboxylic acids is 1. The highest BCUT2D eigenvalue weighted by atomic mass is 32.2. The van der Waals surface area contributed by atoms with Crippen molar-refractivity contribution in [2.75, 3.05) is 26.2 Å². The largest absolute Gasteiger partial charge is 0.342 e. The average molecular weight is 447 g/mol. The second kappa shape index (κ2) is 9.20. The van der Waals surface area contributed by atoms with Crippen LogP contribution < -0.4 is 0 Å². The van der Waals surface area contributed by atoms with Crippen molar-refractivity contribution in [3.05, 3.63) is 52.9 Å². The van der Waals surface area contributed by atoms with Crippen molar-refractivity contribution in [2.24, 2.45) is 11.8 Å². The molecule has 2 aromatic rings. The standard InChI is InChI=1S/C23H30N2O3S2/c1-18-9-10-22(29-18)30(27,28)25-13-5-8-21(17-25)23(26)24-14-11-20(12-15-24)16-19-6-3-2-4-7-19/h2-4,6-7,9-10,20-21H,5,8,11-17H2,1H3. The summed E-state index contributed by atoms with van der Waals surface area (Å²) in [5, 5.41) is 0. The molecule has 2 fully saturated rings. The number of benzene rings is 1. The van der Waals surface area contributed by atoms with Crippen LogP contribution in [0.5, 0.6) is 0 Å². The van der Waals surface area contributed by atoms with Crippen LogP contribution in [0.15, 0.2) is 46.7 Å². The van der Waals surface area contributed by atoms with Crippen molar-refractivity contribution >= 4 is 27.3 Å². The Hall–Kier alpha value is -1.70. The molecule has 2 saturated heterocycles. The Morgan fingerprint density at radius 3 is 2.43 bits per heavy atom. The molecule has 0 bridgehead atoms. The van der Waals surface area contributed by atoms with Crippen LogP contribution in [0.1, 0.15) is 36.1 Å². The Balaban J connectivity index is 1.34. The lowest BCUT2D eigenvalue weighted by molar-refractivity contribution is -0.138. The van der Waals surface area contributed by atoms with Gasteiger partial charge in [0.05, 0.1) is 5.92 Å². The Bertz CT molecular complexity index is 963. The summed E-state index contributed by atoms with van der Waals surface area (Å²) in [4.78, 5) is 16.1. The fourth-order valence-electron chi connectivity index (χ4n) is 4.60. The predicted molar refractivity (Wildman–Crippen MR) is 120 cm³/mol. The molecule has 1 amide bonds.